The van der Waals surface area contributed by atoms with E-state index in [0.29, 0.717) is 64.9 Å². The Kier molecular flexibility index (Phi) is 34.5. The number of hydrogen-bond donors (Lipinski definition) is 2. The van der Waals surface area contributed by atoms with Crippen molar-refractivity contribution < 1.29 is 113 Å². The summed E-state index contributed by atoms with van der Waals surface area (Å²) >= 11 is 2.94. The van der Waals surface area contributed by atoms with Crippen molar-refractivity contribution >= 4 is 40.1 Å². The Bertz CT molecular complexity index is 1590. The molecule has 0 spiro atoms. The smallest absolute Gasteiger partial charge is 0.492 e. The van der Waals surface area contributed by atoms with Crippen molar-refractivity contribution in [1.29, 1.82) is 0 Å². The van der Waals surface area contributed by atoms with E-state index in [1.807, 2.05) is 50.9 Å². The van der Waals surface area contributed by atoms with E-state index in [-0.39, 0.29) is 82.4 Å². The third-order valence-corrected chi connectivity index (χ3v) is 6.65. The molecular weight excluding hydrogens is 933 g/mol. The molecule has 0 bridgehead atoms. The molecule has 0 unspecified atom stereocenters. The average Bonchev–Trinajstić information content (AvgIpc) is 3.17. The van der Waals surface area contributed by atoms with Crippen LogP contribution in [-0.2, 0) is 65.4 Å². The first-order valence-corrected chi connectivity index (χ1v) is 18.4. The van der Waals surface area contributed by atoms with E-state index in [9.17, 15) is 19.6 Å². The van der Waals surface area contributed by atoms with E-state index in [1.54, 1.807) is 62.8 Å². The number of alkyl halides is 1. The molecule has 0 aromatic heterocycles. The minimum Gasteiger partial charge on any atom is -0.493 e. The number of Topliss-reactive ketones (excluding diaryl/α,β-unsaturated/α-hetero) is 2. The molecule has 56 heavy (non-hydrogen) atoms. The van der Waals surface area contributed by atoms with Crippen molar-refractivity contribution in [3.63, 3.8) is 0 Å². The van der Waals surface area contributed by atoms with Gasteiger partial charge in [0, 0.05) is 70.9 Å². The van der Waals surface area contributed by atoms with Crippen molar-refractivity contribution in [3.8, 4) is 34.5 Å². The summed E-state index contributed by atoms with van der Waals surface area (Å²) in [7, 11) is 4.62. The Balaban J connectivity index is -0.000000676. The van der Waals surface area contributed by atoms with Gasteiger partial charge in [-0.15, -0.1) is 12.1 Å². The Morgan fingerprint density at radius 2 is 1.04 bits per heavy atom. The fourth-order valence-corrected chi connectivity index (χ4v) is 4.08. The topological polar surface area (TPSA) is 130 Å². The molecule has 0 fully saturated rings. The second-order valence-corrected chi connectivity index (χ2v) is 11.8. The third kappa shape index (κ3) is 21.8. The maximum atomic E-state index is 10.5. The zero-order valence-electron chi connectivity index (χ0n) is 34.2. The number of hydrogen-bond acceptors (Lipinski definition) is 10. The summed E-state index contributed by atoms with van der Waals surface area (Å²) in [6.07, 6.45) is 0. The summed E-state index contributed by atoms with van der Waals surface area (Å²) < 4.78 is 32.3. The molecule has 10 nitrogen and oxygen atoms in total. The summed E-state index contributed by atoms with van der Waals surface area (Å²) in [5, 5.41) is 18.7. The van der Waals surface area contributed by atoms with Gasteiger partial charge in [-0.05, 0) is 42.3 Å². The quantitative estimate of drug-likeness (QED) is 0.0603. The number of rotatable bonds is 13. The van der Waals surface area contributed by atoms with Crippen LogP contribution in [0.25, 0.3) is 0 Å². The maximum Gasteiger partial charge on any atom is 0.492 e. The predicted molar refractivity (Wildman–Crippen MR) is 219 cm³/mol. The number of ether oxygens (including phenoxy) is 6. The van der Waals surface area contributed by atoms with Gasteiger partial charge in [-0.1, -0.05) is 67.3 Å². The van der Waals surface area contributed by atoms with Gasteiger partial charge in [0.25, 0.3) is 0 Å². The van der Waals surface area contributed by atoms with Crippen LogP contribution in [0, 0.1) is 44.7 Å². The van der Waals surface area contributed by atoms with Crippen molar-refractivity contribution in [1.82, 2.24) is 0 Å². The Morgan fingerprint density at radius 3 is 1.34 bits per heavy atom. The van der Waals surface area contributed by atoms with Crippen molar-refractivity contribution in [2.75, 3.05) is 47.5 Å². The van der Waals surface area contributed by atoms with Gasteiger partial charge in [0.05, 0.1) is 41.7 Å². The van der Waals surface area contributed by atoms with Crippen LogP contribution in [0.5, 0.6) is 34.5 Å². The first kappa shape index (κ1) is 57.8. The third-order valence-electron chi connectivity index (χ3n) is 6.65. The van der Waals surface area contributed by atoms with E-state index in [0.717, 1.165) is 11.3 Å². The molecule has 302 valence electrons. The molecule has 14 heteroatoms. The van der Waals surface area contributed by atoms with Crippen LogP contribution in [0.3, 0.4) is 0 Å². The van der Waals surface area contributed by atoms with Crippen molar-refractivity contribution in [2.45, 2.75) is 34.6 Å². The molecule has 0 amide bonds. The molecule has 0 aliphatic carbocycles. The molecule has 2 radical (unpaired) electrons. The standard InChI is InChI=1S/C13H20O3.C12H19BO5.2C8H6O.CH3Br.2Y/c1-9(2)8-16-12-10(3)6-7-11(14-4)13(12)15-5;1-8(2)7-18-11-9(13(14)15)5-6-10(16-3)12(11)17-4;2*1-7(9)8-5-3-2-4-6-8;1-2;;/h6-7,9H,8H2,1-5H3;5-6,8,14-15H,7H2,1-4H3;2*2-5H,1H2;1H3;;/q;;2*-2;;;. The van der Waals surface area contributed by atoms with E-state index in [4.69, 9.17) is 28.4 Å². The van der Waals surface area contributed by atoms with E-state index in [2.05, 4.69) is 55.8 Å². The zero-order valence-corrected chi connectivity index (χ0v) is 41.4. The summed E-state index contributed by atoms with van der Waals surface area (Å²) in [4.78, 5) is 21.0. The van der Waals surface area contributed by atoms with Crippen LogP contribution in [0.15, 0.2) is 72.8 Å². The van der Waals surface area contributed by atoms with Crippen LogP contribution < -0.4 is 33.9 Å². The number of carbonyl (C=O) groups is 2. The summed E-state index contributed by atoms with van der Waals surface area (Å²) in [5.41, 5.74) is 2.39. The molecule has 0 aliphatic rings. The monoisotopic (exact) mass is 986 g/mol. The number of aryl methyl sites for hydroxylation is 1. The first-order chi connectivity index (χ1) is 25.7. The van der Waals surface area contributed by atoms with Crippen LogP contribution in [-0.4, -0.2) is 76.2 Å². The van der Waals surface area contributed by atoms with Crippen LogP contribution in [0.2, 0.25) is 0 Å². The van der Waals surface area contributed by atoms with Gasteiger partial charge in [0.2, 0.25) is 11.5 Å². The minimum absolute atomic E-state index is 0. The number of benzene rings is 4. The van der Waals surface area contributed by atoms with E-state index < -0.39 is 7.12 Å². The Hall–Kier alpha value is -2.57. The predicted octanol–water partition coefficient (Wildman–Crippen LogP) is 7.48. The Labute approximate surface area is 393 Å². The number of halogens is 1. The molecular formula is C42H54BBrO10Y2-4. The van der Waals surface area contributed by atoms with Crippen molar-refractivity contribution in [3.05, 3.63) is 115 Å². The second kappa shape index (κ2) is 33.4. The van der Waals surface area contributed by atoms with E-state index in [1.165, 1.54) is 14.2 Å². The largest absolute Gasteiger partial charge is 0.493 e. The minimum atomic E-state index is -1.62. The van der Waals surface area contributed by atoms with Gasteiger partial charge < -0.3 is 48.1 Å². The van der Waals surface area contributed by atoms with Gasteiger partial charge >= 0.3 is 7.12 Å². The van der Waals surface area contributed by atoms with Gasteiger partial charge in [0.1, 0.15) is 0 Å². The summed E-state index contributed by atoms with van der Waals surface area (Å²) in [6, 6.07) is 26.5. The van der Waals surface area contributed by atoms with Gasteiger partial charge in [0.15, 0.2) is 23.0 Å². The molecule has 4 aromatic rings. The first-order valence-electron chi connectivity index (χ1n) is 16.8. The molecule has 4 rings (SSSR count). The normalized spacial score (nSPS) is 9.27. The van der Waals surface area contributed by atoms with E-state index >= 15 is 0 Å². The van der Waals surface area contributed by atoms with Crippen LogP contribution >= 0.6 is 15.9 Å². The Morgan fingerprint density at radius 1 is 0.643 bits per heavy atom. The number of methoxy groups -OCH3 is 4. The zero-order chi connectivity index (χ0) is 41.2. The molecule has 0 saturated heterocycles. The fraction of sp³-hybridized carbons (Fsp3) is 0.333. The molecule has 0 aliphatic heterocycles. The molecule has 2 N–H and O–H groups in total. The average molecular weight is 987 g/mol. The fourth-order valence-electron chi connectivity index (χ4n) is 4.08. The number of ketones is 2. The van der Waals surface area contributed by atoms with Gasteiger partial charge in [-0.25, -0.2) is 38.1 Å². The van der Waals surface area contributed by atoms with Gasteiger partial charge in [-0.3, -0.25) is 11.1 Å². The maximum absolute atomic E-state index is 10.5. The molecule has 4 aromatic carbocycles. The number of carbonyl (C=O) groups excluding carboxylic acids is 2. The SMILES string of the molecule is CBr.COc1ccc(B(O)O)c(OCC(C)C)c1OC.COc1ccc(C)c(OCC(C)C)c1OC.[CH2-]C(=O)c1[c-]cccc1.[CH2-]C(=O)c1[c-]cccc1.[Y].[Y]. The summed E-state index contributed by atoms with van der Waals surface area (Å²) in [5.74, 6) is 5.54. The molecule has 0 atom stereocenters. The van der Waals surface area contributed by atoms with Crippen molar-refractivity contribution in [2.24, 2.45) is 11.8 Å². The second-order valence-electron chi connectivity index (χ2n) is 11.8. The summed E-state index contributed by atoms with van der Waals surface area (Å²) in [6.45, 7) is 17.8. The van der Waals surface area contributed by atoms with Crippen LogP contribution in [0.1, 0.15) is 54.0 Å². The van der Waals surface area contributed by atoms with Gasteiger partial charge in [-0.2, -0.15) is 24.3 Å². The van der Waals surface area contributed by atoms with Crippen LogP contribution in [0.4, 0.5) is 0 Å². The molecule has 0 heterocycles. The molecule has 0 saturated carbocycles.